The molecule has 0 saturated carbocycles. The zero-order chi connectivity index (χ0) is 48.7. The summed E-state index contributed by atoms with van der Waals surface area (Å²) < 4.78 is 17.3. The molecule has 0 amide bonds. The smallest absolute Gasteiger partial charge is 0.333 e. The number of rotatable bonds is 3. The van der Waals surface area contributed by atoms with Gasteiger partial charge in [0.1, 0.15) is 22.5 Å². The molecule has 0 N–H and O–H groups in total. The van der Waals surface area contributed by atoms with Crippen molar-refractivity contribution < 1.29 is 8.83 Å². The van der Waals surface area contributed by atoms with E-state index in [4.69, 9.17) is 8.83 Å². The van der Waals surface area contributed by atoms with Crippen molar-refractivity contribution in [3.63, 3.8) is 0 Å². The quantitative estimate of drug-likeness (QED) is 0.166. The minimum absolute atomic E-state index is 0.00180. The molecule has 0 spiro atoms. The van der Waals surface area contributed by atoms with E-state index in [1.54, 1.807) is 0 Å². The highest BCUT2D eigenvalue weighted by Crippen LogP contribution is 2.55. The predicted molar refractivity (Wildman–Crippen MR) is 300 cm³/mol. The molecule has 348 valence electrons. The fourth-order valence-corrected chi connectivity index (χ4v) is 13.0. The van der Waals surface area contributed by atoms with Crippen molar-refractivity contribution in [3.8, 4) is 39.3 Å². The maximum Gasteiger partial charge on any atom is 0.333 e. The van der Waals surface area contributed by atoms with E-state index in [1.807, 2.05) is 0 Å². The van der Waals surface area contributed by atoms with Gasteiger partial charge < -0.3 is 18.2 Å². The molecule has 8 aromatic carbocycles. The summed E-state index contributed by atoms with van der Waals surface area (Å²) in [6.07, 6.45) is 2.27. The van der Waals surface area contributed by atoms with Crippen molar-refractivity contribution in [1.29, 1.82) is 0 Å². The van der Waals surface area contributed by atoms with Gasteiger partial charge in [0.15, 0.2) is 0 Å². The van der Waals surface area contributed by atoms with Crippen LogP contribution in [0.4, 0.5) is 11.4 Å². The van der Waals surface area contributed by atoms with Gasteiger partial charge >= 0.3 is 6.85 Å². The van der Waals surface area contributed by atoms with Gasteiger partial charge in [-0.25, -0.2) is 0 Å². The third-order valence-corrected chi connectivity index (χ3v) is 16.9. The number of hydrogen-bond acceptors (Lipinski definition) is 3. The zero-order valence-electron chi connectivity index (χ0n) is 42.6. The molecular formula is C66H59BN2O2. The summed E-state index contributed by atoms with van der Waals surface area (Å²) in [5.41, 5.74) is 22.5. The molecule has 3 aliphatic rings. The van der Waals surface area contributed by atoms with Crippen LogP contribution in [-0.2, 0) is 21.7 Å². The summed E-state index contributed by atoms with van der Waals surface area (Å²) in [7, 11) is 0. The lowest BCUT2D eigenvalue weighted by Gasteiger charge is -2.43. The molecular weight excluding hydrogens is 864 g/mol. The fourth-order valence-electron chi connectivity index (χ4n) is 13.0. The Labute approximate surface area is 417 Å². The van der Waals surface area contributed by atoms with Crippen LogP contribution in [0.1, 0.15) is 104 Å². The van der Waals surface area contributed by atoms with Crippen LogP contribution < -0.4 is 15.7 Å². The average Bonchev–Trinajstić information content (AvgIpc) is 4.04. The molecule has 2 aliphatic heterocycles. The van der Waals surface area contributed by atoms with E-state index in [9.17, 15) is 0 Å². The number of hydrogen-bond donors (Lipinski definition) is 0. The summed E-state index contributed by atoms with van der Waals surface area (Å²) in [5.74, 6) is 0.884. The number of para-hydroxylation sites is 1. The summed E-state index contributed by atoms with van der Waals surface area (Å²) in [5, 5.41) is 5.89. The summed E-state index contributed by atoms with van der Waals surface area (Å²) in [4.78, 5) is 2.66. The molecule has 0 unspecified atom stereocenters. The monoisotopic (exact) mass is 922 g/mol. The maximum atomic E-state index is 7.36. The molecule has 5 heteroatoms. The van der Waals surface area contributed by atoms with Crippen LogP contribution in [0.2, 0.25) is 0 Å². The Bertz CT molecular complexity index is 4060. The van der Waals surface area contributed by atoms with Gasteiger partial charge in [-0.15, -0.1) is 0 Å². The summed E-state index contributed by atoms with van der Waals surface area (Å²) in [6.45, 7) is 23.5. The first-order valence-corrected chi connectivity index (χ1v) is 25.7. The van der Waals surface area contributed by atoms with Crippen molar-refractivity contribution >= 4 is 83.9 Å². The van der Waals surface area contributed by atoms with E-state index in [1.165, 1.54) is 82.9 Å². The lowest BCUT2D eigenvalue weighted by atomic mass is 9.43. The Kier molecular flexibility index (Phi) is 8.54. The van der Waals surface area contributed by atoms with Gasteiger partial charge in [-0.1, -0.05) is 166 Å². The largest absolute Gasteiger partial charge is 0.455 e. The Morgan fingerprint density at radius 3 is 1.85 bits per heavy atom. The molecule has 0 saturated heterocycles. The van der Waals surface area contributed by atoms with Crippen LogP contribution in [0.15, 0.2) is 160 Å². The van der Waals surface area contributed by atoms with Crippen molar-refractivity contribution in [2.24, 2.45) is 0 Å². The second-order valence-corrected chi connectivity index (χ2v) is 24.3. The SMILES string of the molecule is CC(C)(C)c1ccc(N2B3c4cc5oc(-c6ccccc6)c(-c6ccccc6)c5cc4-n4c5cc6c(cc5c5c7oc8ccccc8c7c(c3c54)-c3cc(C(C)(C)C)ccc32)C(C)(C)CCC6(C)C)cc1. The van der Waals surface area contributed by atoms with E-state index >= 15 is 0 Å². The van der Waals surface area contributed by atoms with Gasteiger partial charge in [0.25, 0.3) is 0 Å². The van der Waals surface area contributed by atoms with Crippen molar-refractivity contribution in [1.82, 2.24) is 4.57 Å². The Morgan fingerprint density at radius 2 is 1.15 bits per heavy atom. The lowest BCUT2D eigenvalue weighted by Crippen LogP contribution is -2.60. The van der Waals surface area contributed by atoms with E-state index in [0.29, 0.717) is 0 Å². The topological polar surface area (TPSA) is 34.5 Å². The van der Waals surface area contributed by atoms with Gasteiger partial charge in [0.2, 0.25) is 0 Å². The molecule has 4 nitrogen and oxygen atoms in total. The fraction of sp³-hybridized carbons (Fsp3) is 0.242. The highest BCUT2D eigenvalue weighted by atomic mass is 16.3. The maximum absolute atomic E-state index is 7.36. The first kappa shape index (κ1) is 42.6. The number of benzene rings is 8. The summed E-state index contributed by atoms with van der Waals surface area (Å²) in [6, 6.07) is 57.0. The summed E-state index contributed by atoms with van der Waals surface area (Å²) >= 11 is 0. The minimum Gasteiger partial charge on any atom is -0.455 e. The van der Waals surface area contributed by atoms with Crippen LogP contribution in [0.5, 0.6) is 0 Å². The van der Waals surface area contributed by atoms with E-state index in [2.05, 4.69) is 230 Å². The Morgan fingerprint density at radius 1 is 0.521 bits per heavy atom. The molecule has 0 fully saturated rings. The number of nitrogens with zero attached hydrogens (tertiary/aromatic N) is 2. The molecule has 0 bridgehead atoms. The molecule has 11 aromatic rings. The normalized spacial score (nSPS) is 15.8. The van der Waals surface area contributed by atoms with Gasteiger partial charge in [-0.2, -0.15) is 0 Å². The number of furan rings is 2. The molecule has 3 aromatic heterocycles. The van der Waals surface area contributed by atoms with Crippen LogP contribution >= 0.6 is 0 Å². The second kappa shape index (κ2) is 14.2. The van der Waals surface area contributed by atoms with Gasteiger partial charge in [-0.05, 0) is 133 Å². The molecule has 71 heavy (non-hydrogen) atoms. The first-order chi connectivity index (χ1) is 34.0. The standard InChI is InChI=1S/C66H59BN2O2/c1-63(2,3)40-25-28-42(29-26-40)69-50-30-27-41(64(4,5)6)33-44(50)56-57-43-23-17-18-24-53(43)70-62(57)58-45-34-47-48(66(9,10)32-31-65(47,7)8)36-51(45)68-52-35-46-54(37-49(52)67(69)59(56)60(58)68)71-61(39-21-15-12-16-22-39)55(46)38-19-13-11-14-20-38/h11-30,33-37H,31-32H2,1-10H3. The molecule has 5 heterocycles. The lowest BCUT2D eigenvalue weighted by molar-refractivity contribution is 0.332. The highest BCUT2D eigenvalue weighted by Gasteiger charge is 2.48. The third kappa shape index (κ3) is 5.93. The van der Waals surface area contributed by atoms with Crippen LogP contribution in [0, 0.1) is 0 Å². The minimum atomic E-state index is -0.219. The zero-order valence-corrected chi connectivity index (χ0v) is 42.6. The van der Waals surface area contributed by atoms with Crippen LogP contribution in [0.25, 0.3) is 94.0 Å². The average molecular weight is 923 g/mol. The van der Waals surface area contributed by atoms with Gasteiger partial charge in [-0.3, -0.25) is 0 Å². The van der Waals surface area contributed by atoms with Gasteiger partial charge in [0.05, 0.1) is 16.4 Å². The molecule has 1 aliphatic carbocycles. The third-order valence-electron chi connectivity index (χ3n) is 16.9. The number of anilines is 2. The Hall–Kier alpha value is -7.24. The molecule has 0 radical (unpaired) electrons. The second-order valence-electron chi connectivity index (χ2n) is 24.3. The highest BCUT2D eigenvalue weighted by molar-refractivity contribution is 6.94. The Balaban J connectivity index is 1.23. The predicted octanol–water partition coefficient (Wildman–Crippen LogP) is 16.9. The van der Waals surface area contributed by atoms with Crippen LogP contribution in [-0.4, -0.2) is 11.4 Å². The van der Waals surface area contributed by atoms with Crippen molar-refractivity contribution in [3.05, 3.63) is 174 Å². The molecule has 0 atom stereocenters. The van der Waals surface area contributed by atoms with E-state index < -0.39 is 0 Å². The first-order valence-electron chi connectivity index (χ1n) is 25.7. The van der Waals surface area contributed by atoms with E-state index in [-0.39, 0.29) is 28.5 Å². The number of fused-ring (bicyclic) bond motifs is 15. The van der Waals surface area contributed by atoms with E-state index in [0.717, 1.165) is 68.5 Å². The van der Waals surface area contributed by atoms with Gasteiger partial charge in [0, 0.05) is 55.3 Å². The van der Waals surface area contributed by atoms with Crippen LogP contribution in [0.3, 0.4) is 0 Å². The number of aromatic nitrogens is 1. The molecule has 14 rings (SSSR count). The van der Waals surface area contributed by atoms with Crippen molar-refractivity contribution in [2.45, 2.75) is 104 Å². The van der Waals surface area contributed by atoms with Crippen molar-refractivity contribution in [2.75, 3.05) is 4.81 Å².